The minimum atomic E-state index is 0.184. The summed E-state index contributed by atoms with van der Waals surface area (Å²) < 4.78 is 12.6. The SMILES string of the molecule is Cc1nn(C)c(C)c1C(C)Nc1ccc2c(c1)OCO2. The summed E-state index contributed by atoms with van der Waals surface area (Å²) in [5.41, 5.74) is 4.50. The maximum absolute atomic E-state index is 5.40. The van der Waals surface area contributed by atoms with Gasteiger partial charge in [0.15, 0.2) is 11.5 Å². The normalized spacial score (nSPS) is 14.4. The molecule has 106 valence electrons. The van der Waals surface area contributed by atoms with Crippen LogP contribution in [0.2, 0.25) is 0 Å². The van der Waals surface area contributed by atoms with Crippen LogP contribution in [-0.4, -0.2) is 16.6 Å². The zero-order chi connectivity index (χ0) is 14.3. The van der Waals surface area contributed by atoms with Crippen LogP contribution in [0.5, 0.6) is 11.5 Å². The van der Waals surface area contributed by atoms with Gasteiger partial charge in [-0.05, 0) is 32.9 Å². The summed E-state index contributed by atoms with van der Waals surface area (Å²) in [6.07, 6.45) is 0. The van der Waals surface area contributed by atoms with Gasteiger partial charge in [0.25, 0.3) is 0 Å². The first kappa shape index (κ1) is 12.8. The van der Waals surface area contributed by atoms with Gasteiger partial charge in [-0.2, -0.15) is 5.10 Å². The number of anilines is 1. The molecule has 0 radical (unpaired) electrons. The van der Waals surface area contributed by atoms with E-state index in [0.29, 0.717) is 6.79 Å². The fourth-order valence-electron chi connectivity index (χ4n) is 2.73. The summed E-state index contributed by atoms with van der Waals surface area (Å²) in [7, 11) is 1.97. The van der Waals surface area contributed by atoms with E-state index in [-0.39, 0.29) is 6.04 Å². The van der Waals surface area contributed by atoms with Gasteiger partial charge in [-0.15, -0.1) is 0 Å². The van der Waals surface area contributed by atoms with E-state index in [1.54, 1.807) is 0 Å². The number of aryl methyl sites for hydroxylation is 2. The Labute approximate surface area is 118 Å². The quantitative estimate of drug-likeness (QED) is 0.934. The number of hydrogen-bond donors (Lipinski definition) is 1. The Morgan fingerprint density at radius 1 is 1.25 bits per heavy atom. The van der Waals surface area contributed by atoms with Crippen molar-refractivity contribution in [3.8, 4) is 11.5 Å². The van der Waals surface area contributed by atoms with Crippen LogP contribution in [0, 0.1) is 13.8 Å². The predicted molar refractivity (Wildman–Crippen MR) is 77.3 cm³/mol. The number of fused-ring (bicyclic) bond motifs is 1. The van der Waals surface area contributed by atoms with Crippen molar-refractivity contribution in [2.24, 2.45) is 7.05 Å². The predicted octanol–water partition coefficient (Wildman–Crippen LogP) is 2.94. The molecule has 1 aliphatic heterocycles. The Kier molecular flexibility index (Phi) is 3.04. The maximum atomic E-state index is 5.40. The van der Waals surface area contributed by atoms with E-state index < -0.39 is 0 Å². The summed E-state index contributed by atoms with van der Waals surface area (Å²) in [5.74, 6) is 1.60. The molecule has 1 aromatic heterocycles. The average molecular weight is 273 g/mol. The topological polar surface area (TPSA) is 48.3 Å². The lowest BCUT2D eigenvalue weighted by atomic mass is 10.1. The van der Waals surface area contributed by atoms with Gasteiger partial charge in [-0.3, -0.25) is 4.68 Å². The first-order valence-corrected chi connectivity index (χ1v) is 6.72. The second-order valence-electron chi connectivity index (χ2n) is 5.14. The van der Waals surface area contributed by atoms with Crippen LogP contribution in [0.25, 0.3) is 0 Å². The molecule has 20 heavy (non-hydrogen) atoms. The smallest absolute Gasteiger partial charge is 0.231 e. The number of ether oxygens (including phenoxy) is 2. The molecule has 5 nitrogen and oxygen atoms in total. The second kappa shape index (κ2) is 4.74. The Morgan fingerprint density at radius 3 is 2.70 bits per heavy atom. The minimum absolute atomic E-state index is 0.184. The van der Waals surface area contributed by atoms with Crippen LogP contribution in [-0.2, 0) is 7.05 Å². The largest absolute Gasteiger partial charge is 0.454 e. The number of nitrogens with zero attached hydrogens (tertiary/aromatic N) is 2. The molecule has 3 rings (SSSR count). The molecule has 1 atom stereocenters. The van der Waals surface area contributed by atoms with Crippen LogP contribution in [0.15, 0.2) is 18.2 Å². The van der Waals surface area contributed by atoms with Crippen molar-refractivity contribution in [1.29, 1.82) is 0 Å². The van der Waals surface area contributed by atoms with Gasteiger partial charge >= 0.3 is 0 Å². The lowest BCUT2D eigenvalue weighted by Gasteiger charge is -2.16. The van der Waals surface area contributed by atoms with Gasteiger partial charge in [0, 0.05) is 30.1 Å². The van der Waals surface area contributed by atoms with E-state index in [2.05, 4.69) is 24.3 Å². The molecular weight excluding hydrogens is 254 g/mol. The van der Waals surface area contributed by atoms with Crippen molar-refractivity contribution >= 4 is 5.69 Å². The molecule has 1 aromatic carbocycles. The van der Waals surface area contributed by atoms with Crippen molar-refractivity contribution in [3.63, 3.8) is 0 Å². The number of benzene rings is 1. The fraction of sp³-hybridized carbons (Fsp3) is 0.400. The monoisotopic (exact) mass is 273 g/mol. The molecule has 0 saturated carbocycles. The first-order chi connectivity index (χ1) is 9.56. The second-order valence-corrected chi connectivity index (χ2v) is 5.14. The molecule has 2 aromatic rings. The zero-order valence-electron chi connectivity index (χ0n) is 12.2. The van der Waals surface area contributed by atoms with Crippen LogP contribution in [0.4, 0.5) is 5.69 Å². The summed E-state index contributed by atoms with van der Waals surface area (Å²) in [6.45, 7) is 6.57. The highest BCUT2D eigenvalue weighted by molar-refractivity contribution is 5.56. The van der Waals surface area contributed by atoms with Crippen LogP contribution >= 0.6 is 0 Å². The molecule has 0 amide bonds. The number of nitrogens with one attached hydrogen (secondary N) is 1. The highest BCUT2D eigenvalue weighted by Gasteiger charge is 2.18. The summed E-state index contributed by atoms with van der Waals surface area (Å²) >= 11 is 0. The number of rotatable bonds is 3. The first-order valence-electron chi connectivity index (χ1n) is 6.72. The van der Waals surface area contributed by atoms with E-state index in [9.17, 15) is 0 Å². The highest BCUT2D eigenvalue weighted by atomic mass is 16.7. The summed E-state index contributed by atoms with van der Waals surface area (Å²) in [5, 5.41) is 7.96. The van der Waals surface area contributed by atoms with E-state index in [1.807, 2.05) is 36.9 Å². The lowest BCUT2D eigenvalue weighted by Crippen LogP contribution is -2.09. The van der Waals surface area contributed by atoms with E-state index >= 15 is 0 Å². The van der Waals surface area contributed by atoms with Gasteiger partial charge in [0.1, 0.15) is 0 Å². The van der Waals surface area contributed by atoms with Crippen molar-refractivity contribution in [2.45, 2.75) is 26.8 Å². The van der Waals surface area contributed by atoms with Crippen molar-refractivity contribution in [3.05, 3.63) is 35.2 Å². The third-order valence-electron chi connectivity index (χ3n) is 3.75. The molecule has 1 aliphatic rings. The van der Waals surface area contributed by atoms with Crippen LogP contribution in [0.3, 0.4) is 0 Å². The van der Waals surface area contributed by atoms with E-state index in [1.165, 1.54) is 11.3 Å². The maximum Gasteiger partial charge on any atom is 0.231 e. The van der Waals surface area contributed by atoms with Crippen LogP contribution < -0.4 is 14.8 Å². The molecule has 1 unspecified atom stereocenters. The zero-order valence-corrected chi connectivity index (χ0v) is 12.2. The third kappa shape index (κ3) is 2.09. The van der Waals surface area contributed by atoms with Gasteiger partial charge < -0.3 is 14.8 Å². The van der Waals surface area contributed by atoms with Crippen molar-refractivity contribution < 1.29 is 9.47 Å². The fourth-order valence-corrected chi connectivity index (χ4v) is 2.73. The van der Waals surface area contributed by atoms with Gasteiger partial charge in [0.2, 0.25) is 6.79 Å². The Bertz CT molecular complexity index is 649. The van der Waals surface area contributed by atoms with Gasteiger partial charge in [-0.1, -0.05) is 0 Å². The number of aromatic nitrogens is 2. The molecule has 0 fully saturated rings. The third-order valence-corrected chi connectivity index (χ3v) is 3.75. The average Bonchev–Trinajstić information content (AvgIpc) is 2.94. The van der Waals surface area contributed by atoms with Gasteiger partial charge in [0.05, 0.1) is 11.7 Å². The molecular formula is C15H19N3O2. The summed E-state index contributed by atoms with van der Waals surface area (Å²) in [6, 6.07) is 6.09. The van der Waals surface area contributed by atoms with E-state index in [0.717, 1.165) is 22.9 Å². The Hall–Kier alpha value is -2.17. The van der Waals surface area contributed by atoms with E-state index in [4.69, 9.17) is 9.47 Å². The molecule has 0 spiro atoms. The molecule has 0 aliphatic carbocycles. The number of hydrogen-bond acceptors (Lipinski definition) is 4. The Morgan fingerprint density at radius 2 is 2.00 bits per heavy atom. The molecule has 1 N–H and O–H groups in total. The highest BCUT2D eigenvalue weighted by Crippen LogP contribution is 2.35. The lowest BCUT2D eigenvalue weighted by molar-refractivity contribution is 0.174. The standard InChI is InChI=1S/C15H19N3O2/c1-9(15-10(2)17-18(4)11(15)3)16-12-5-6-13-14(7-12)20-8-19-13/h5-7,9,16H,8H2,1-4H3. The van der Waals surface area contributed by atoms with Crippen molar-refractivity contribution in [2.75, 3.05) is 12.1 Å². The molecule has 5 heteroatoms. The van der Waals surface area contributed by atoms with Crippen molar-refractivity contribution in [1.82, 2.24) is 9.78 Å². The molecule has 0 saturated heterocycles. The summed E-state index contributed by atoms with van der Waals surface area (Å²) in [4.78, 5) is 0. The van der Waals surface area contributed by atoms with Crippen LogP contribution in [0.1, 0.15) is 29.9 Å². The van der Waals surface area contributed by atoms with Gasteiger partial charge in [-0.25, -0.2) is 0 Å². The molecule has 0 bridgehead atoms. The minimum Gasteiger partial charge on any atom is -0.454 e. The Balaban J connectivity index is 1.84. The molecule has 2 heterocycles.